The number of halogens is 1. The third-order valence-electron chi connectivity index (χ3n) is 3.05. The first-order valence-electron chi connectivity index (χ1n) is 6.43. The molecule has 0 radical (unpaired) electrons. The summed E-state index contributed by atoms with van der Waals surface area (Å²) in [4.78, 5) is 18.7. The topological polar surface area (TPSA) is 42.4 Å². The van der Waals surface area contributed by atoms with Crippen molar-refractivity contribution >= 4 is 29.0 Å². The molecule has 1 fully saturated rings. The fourth-order valence-electron chi connectivity index (χ4n) is 1.89. The Bertz CT molecular complexity index is 598. The zero-order valence-corrected chi connectivity index (χ0v) is 12.7. The summed E-state index contributed by atoms with van der Waals surface area (Å²) >= 11 is 2.86. The SMILES string of the molecule is O=C(CSc1ccc(F)cc1)N1CC(Oc2nccs2)C1. The average molecular weight is 324 g/mol. The van der Waals surface area contributed by atoms with E-state index in [1.54, 1.807) is 23.2 Å². The Hall–Kier alpha value is -1.60. The molecule has 1 amide bonds. The molecule has 2 heterocycles. The van der Waals surface area contributed by atoms with Gasteiger partial charge in [-0.05, 0) is 24.3 Å². The van der Waals surface area contributed by atoms with Crippen molar-refractivity contribution < 1.29 is 13.9 Å². The van der Waals surface area contributed by atoms with Gasteiger partial charge in [0.1, 0.15) is 11.9 Å². The Morgan fingerprint density at radius 1 is 1.43 bits per heavy atom. The average Bonchev–Trinajstić information content (AvgIpc) is 2.94. The highest BCUT2D eigenvalue weighted by atomic mass is 32.2. The monoisotopic (exact) mass is 324 g/mol. The number of hydrogen-bond donors (Lipinski definition) is 0. The lowest BCUT2D eigenvalue weighted by atomic mass is 10.2. The molecule has 1 aliphatic heterocycles. The van der Waals surface area contributed by atoms with E-state index in [4.69, 9.17) is 4.74 Å². The van der Waals surface area contributed by atoms with E-state index in [9.17, 15) is 9.18 Å². The van der Waals surface area contributed by atoms with Gasteiger partial charge in [0.25, 0.3) is 5.19 Å². The first-order chi connectivity index (χ1) is 10.2. The molecule has 1 aliphatic rings. The summed E-state index contributed by atoms with van der Waals surface area (Å²) in [5, 5.41) is 2.50. The summed E-state index contributed by atoms with van der Waals surface area (Å²) in [5.41, 5.74) is 0. The Morgan fingerprint density at radius 2 is 2.19 bits per heavy atom. The molecule has 0 unspecified atom stereocenters. The number of nitrogens with zero attached hydrogens (tertiary/aromatic N) is 2. The van der Waals surface area contributed by atoms with Crippen molar-refractivity contribution in [3.8, 4) is 5.19 Å². The predicted molar refractivity (Wildman–Crippen MR) is 80.2 cm³/mol. The van der Waals surface area contributed by atoms with Crippen LogP contribution >= 0.6 is 23.1 Å². The number of thiazole rings is 1. The Balaban J connectivity index is 1.40. The van der Waals surface area contributed by atoms with Crippen LogP contribution in [0.1, 0.15) is 0 Å². The second kappa shape index (κ2) is 6.44. The van der Waals surface area contributed by atoms with Gasteiger partial charge in [0, 0.05) is 16.5 Å². The molecule has 4 nitrogen and oxygen atoms in total. The number of amides is 1. The smallest absolute Gasteiger partial charge is 0.273 e. The van der Waals surface area contributed by atoms with Crippen molar-refractivity contribution in [1.82, 2.24) is 9.88 Å². The molecule has 7 heteroatoms. The van der Waals surface area contributed by atoms with E-state index in [-0.39, 0.29) is 17.8 Å². The van der Waals surface area contributed by atoms with Crippen molar-refractivity contribution in [2.24, 2.45) is 0 Å². The molecule has 1 aromatic heterocycles. The first-order valence-corrected chi connectivity index (χ1v) is 8.29. The van der Waals surface area contributed by atoms with Crippen molar-refractivity contribution in [2.75, 3.05) is 18.8 Å². The maximum absolute atomic E-state index is 12.8. The van der Waals surface area contributed by atoms with Gasteiger partial charge in [-0.1, -0.05) is 11.3 Å². The first kappa shape index (κ1) is 14.3. The minimum Gasteiger partial charge on any atom is -0.463 e. The highest BCUT2D eigenvalue weighted by Gasteiger charge is 2.32. The largest absolute Gasteiger partial charge is 0.463 e. The van der Waals surface area contributed by atoms with Crippen LogP contribution in [0.15, 0.2) is 40.7 Å². The predicted octanol–water partition coefficient (Wildman–Crippen LogP) is 2.66. The number of carbonyl (C=O) groups excluding carboxylic acids is 1. The lowest BCUT2D eigenvalue weighted by Gasteiger charge is -2.38. The summed E-state index contributed by atoms with van der Waals surface area (Å²) < 4.78 is 18.4. The molecule has 1 aromatic carbocycles. The van der Waals surface area contributed by atoms with Crippen LogP contribution in [-0.4, -0.2) is 40.7 Å². The summed E-state index contributed by atoms with van der Waals surface area (Å²) in [6.45, 7) is 1.20. The van der Waals surface area contributed by atoms with Gasteiger partial charge in [-0.15, -0.1) is 11.8 Å². The van der Waals surface area contributed by atoms with Crippen molar-refractivity contribution in [1.29, 1.82) is 0 Å². The summed E-state index contributed by atoms with van der Waals surface area (Å²) in [5.74, 6) is 0.161. The van der Waals surface area contributed by atoms with E-state index in [1.165, 1.54) is 35.2 Å². The minimum absolute atomic E-state index is 0.0379. The molecule has 21 heavy (non-hydrogen) atoms. The lowest BCUT2D eigenvalue weighted by molar-refractivity contribution is -0.136. The summed E-state index contributed by atoms with van der Waals surface area (Å²) in [6.07, 6.45) is 1.73. The zero-order chi connectivity index (χ0) is 14.7. The molecular formula is C14H13FN2O2S2. The molecule has 1 saturated heterocycles. The fraction of sp³-hybridized carbons (Fsp3) is 0.286. The van der Waals surface area contributed by atoms with E-state index in [0.29, 0.717) is 24.0 Å². The molecule has 3 rings (SSSR count). The van der Waals surface area contributed by atoms with Crippen LogP contribution < -0.4 is 4.74 Å². The normalized spacial score (nSPS) is 14.8. The van der Waals surface area contributed by atoms with Gasteiger partial charge in [0.05, 0.1) is 18.8 Å². The molecule has 0 bridgehead atoms. The van der Waals surface area contributed by atoms with Crippen LogP contribution in [0, 0.1) is 5.82 Å². The van der Waals surface area contributed by atoms with Crippen LogP contribution in [-0.2, 0) is 4.79 Å². The second-order valence-electron chi connectivity index (χ2n) is 4.58. The van der Waals surface area contributed by atoms with E-state index in [2.05, 4.69) is 4.98 Å². The lowest BCUT2D eigenvalue weighted by Crippen LogP contribution is -2.56. The van der Waals surface area contributed by atoms with Crippen LogP contribution in [0.3, 0.4) is 0 Å². The maximum Gasteiger partial charge on any atom is 0.273 e. The molecular weight excluding hydrogens is 311 g/mol. The van der Waals surface area contributed by atoms with Gasteiger partial charge < -0.3 is 9.64 Å². The molecule has 0 atom stereocenters. The van der Waals surface area contributed by atoms with Gasteiger partial charge in [-0.2, -0.15) is 0 Å². The minimum atomic E-state index is -0.268. The number of hydrogen-bond acceptors (Lipinski definition) is 5. The van der Waals surface area contributed by atoms with Gasteiger partial charge in [-0.3, -0.25) is 4.79 Å². The number of ether oxygens (including phenoxy) is 1. The number of rotatable bonds is 5. The third-order valence-corrected chi connectivity index (χ3v) is 4.71. The quantitative estimate of drug-likeness (QED) is 0.793. The summed E-state index contributed by atoms with van der Waals surface area (Å²) in [7, 11) is 0. The van der Waals surface area contributed by atoms with E-state index >= 15 is 0 Å². The van der Waals surface area contributed by atoms with Crippen LogP contribution in [0.4, 0.5) is 4.39 Å². The van der Waals surface area contributed by atoms with Gasteiger partial charge in [0.2, 0.25) is 5.91 Å². The molecule has 2 aromatic rings. The number of benzene rings is 1. The van der Waals surface area contributed by atoms with Gasteiger partial charge >= 0.3 is 0 Å². The highest BCUT2D eigenvalue weighted by Crippen LogP contribution is 2.22. The maximum atomic E-state index is 12.8. The van der Waals surface area contributed by atoms with E-state index < -0.39 is 0 Å². The van der Waals surface area contributed by atoms with Crippen LogP contribution in [0.25, 0.3) is 0 Å². The van der Waals surface area contributed by atoms with E-state index in [1.807, 2.05) is 5.38 Å². The summed E-state index contributed by atoms with van der Waals surface area (Å²) in [6, 6.07) is 6.15. The Kier molecular flexibility index (Phi) is 4.40. The molecule has 0 saturated carbocycles. The zero-order valence-electron chi connectivity index (χ0n) is 11.1. The molecule has 110 valence electrons. The Labute approximate surface area is 129 Å². The third kappa shape index (κ3) is 3.74. The number of thioether (sulfide) groups is 1. The number of likely N-dealkylation sites (tertiary alicyclic amines) is 1. The van der Waals surface area contributed by atoms with E-state index in [0.717, 1.165) is 4.90 Å². The highest BCUT2D eigenvalue weighted by molar-refractivity contribution is 8.00. The van der Waals surface area contributed by atoms with Crippen molar-refractivity contribution in [2.45, 2.75) is 11.0 Å². The van der Waals surface area contributed by atoms with Gasteiger partial charge in [-0.25, -0.2) is 9.37 Å². The van der Waals surface area contributed by atoms with Crippen molar-refractivity contribution in [3.63, 3.8) is 0 Å². The molecule has 0 spiro atoms. The second-order valence-corrected chi connectivity index (χ2v) is 6.49. The molecule has 0 N–H and O–H groups in total. The standard InChI is InChI=1S/C14H13FN2O2S2/c15-10-1-3-12(4-2-10)21-9-13(18)17-7-11(8-17)19-14-16-5-6-20-14/h1-6,11H,7-9H2. The Morgan fingerprint density at radius 3 is 2.86 bits per heavy atom. The number of carbonyl (C=O) groups is 1. The number of aromatic nitrogens is 1. The van der Waals surface area contributed by atoms with Crippen molar-refractivity contribution in [3.05, 3.63) is 41.7 Å². The van der Waals surface area contributed by atoms with Crippen LogP contribution in [0.2, 0.25) is 0 Å². The fourth-order valence-corrected chi connectivity index (χ4v) is 3.25. The molecule has 0 aliphatic carbocycles. The van der Waals surface area contributed by atoms with Crippen LogP contribution in [0.5, 0.6) is 5.19 Å². The van der Waals surface area contributed by atoms with Gasteiger partial charge in [0.15, 0.2) is 0 Å².